The van der Waals surface area contributed by atoms with Crippen molar-refractivity contribution in [3.05, 3.63) is 0 Å². The zero-order valence-corrected chi connectivity index (χ0v) is 6.73. The summed E-state index contributed by atoms with van der Waals surface area (Å²) in [5.74, 6) is 0. The summed E-state index contributed by atoms with van der Waals surface area (Å²) in [6.07, 6.45) is 13.3. The summed E-state index contributed by atoms with van der Waals surface area (Å²) >= 11 is 0. The minimum absolute atomic E-state index is 0.722. The van der Waals surface area contributed by atoms with Gasteiger partial charge in [0, 0.05) is 0 Å². The molecule has 0 aromatic rings. The van der Waals surface area contributed by atoms with Gasteiger partial charge in [0.15, 0.2) is 0 Å². The maximum atomic E-state index is 4.90. The first-order chi connectivity index (χ1) is 4.91. The van der Waals surface area contributed by atoms with Crippen molar-refractivity contribution >= 4 is 0 Å². The molecule has 0 N–H and O–H groups in total. The van der Waals surface area contributed by atoms with Gasteiger partial charge in [-0.15, -0.1) is 0 Å². The summed E-state index contributed by atoms with van der Waals surface area (Å²) in [6.45, 7) is 2.93. The SMILES string of the molecule is C#COCCCCCCC. The van der Waals surface area contributed by atoms with Gasteiger partial charge < -0.3 is 4.74 Å². The van der Waals surface area contributed by atoms with Gasteiger partial charge in [-0.05, 0) is 6.42 Å². The lowest BCUT2D eigenvalue weighted by Gasteiger charge is -1.97. The Morgan fingerprint density at radius 1 is 1.20 bits per heavy atom. The van der Waals surface area contributed by atoms with Crippen LogP contribution in [0.15, 0.2) is 0 Å². The maximum absolute atomic E-state index is 4.90. The van der Waals surface area contributed by atoms with Gasteiger partial charge in [-0.25, -0.2) is 0 Å². The van der Waals surface area contributed by atoms with Crippen LogP contribution in [-0.4, -0.2) is 6.61 Å². The molecule has 0 radical (unpaired) electrons. The van der Waals surface area contributed by atoms with Crippen molar-refractivity contribution in [3.8, 4) is 12.5 Å². The zero-order chi connectivity index (χ0) is 7.66. The molecule has 0 atom stereocenters. The molecule has 0 saturated heterocycles. The van der Waals surface area contributed by atoms with E-state index in [0.29, 0.717) is 0 Å². The first-order valence-corrected chi connectivity index (χ1v) is 3.99. The molecule has 0 saturated carbocycles. The second-order valence-corrected chi connectivity index (χ2v) is 2.38. The highest BCUT2D eigenvalue weighted by atomic mass is 16.5. The minimum Gasteiger partial charge on any atom is -0.447 e. The predicted molar refractivity (Wildman–Crippen MR) is 43.5 cm³/mol. The van der Waals surface area contributed by atoms with Crippen LogP contribution in [-0.2, 0) is 4.74 Å². The molecule has 0 aliphatic carbocycles. The Morgan fingerprint density at radius 3 is 2.50 bits per heavy atom. The summed E-state index contributed by atoms with van der Waals surface area (Å²) in [6, 6.07) is 0. The average Bonchev–Trinajstić information content (AvgIpc) is 1.97. The molecule has 10 heavy (non-hydrogen) atoms. The molecule has 0 aliphatic heterocycles. The topological polar surface area (TPSA) is 9.23 Å². The molecular formula is C9H16O. The highest BCUT2D eigenvalue weighted by Crippen LogP contribution is 2.01. The van der Waals surface area contributed by atoms with Gasteiger partial charge in [0.25, 0.3) is 0 Å². The number of unbranched alkanes of at least 4 members (excludes halogenated alkanes) is 4. The molecule has 58 valence electrons. The Hall–Kier alpha value is -0.640. The van der Waals surface area contributed by atoms with Gasteiger partial charge >= 0.3 is 0 Å². The van der Waals surface area contributed by atoms with Crippen LogP contribution in [0.3, 0.4) is 0 Å². The Balaban J connectivity index is 2.72. The molecule has 0 rings (SSSR count). The average molecular weight is 140 g/mol. The van der Waals surface area contributed by atoms with Crippen molar-refractivity contribution in [1.82, 2.24) is 0 Å². The van der Waals surface area contributed by atoms with E-state index in [0.717, 1.165) is 13.0 Å². The monoisotopic (exact) mass is 140 g/mol. The maximum Gasteiger partial charge on any atom is 0.106 e. The van der Waals surface area contributed by atoms with E-state index in [1.807, 2.05) is 0 Å². The van der Waals surface area contributed by atoms with Gasteiger partial charge in [-0.2, -0.15) is 0 Å². The molecule has 0 amide bonds. The van der Waals surface area contributed by atoms with Gasteiger partial charge in [0.05, 0.1) is 0 Å². The lowest BCUT2D eigenvalue weighted by molar-refractivity contribution is 0.267. The Morgan fingerprint density at radius 2 is 1.90 bits per heavy atom. The second kappa shape index (κ2) is 8.36. The Kier molecular flexibility index (Phi) is 7.82. The number of hydrogen-bond acceptors (Lipinski definition) is 1. The van der Waals surface area contributed by atoms with Crippen molar-refractivity contribution in [3.63, 3.8) is 0 Å². The highest BCUT2D eigenvalue weighted by molar-refractivity contribution is 4.67. The van der Waals surface area contributed by atoms with Crippen LogP contribution in [0.2, 0.25) is 0 Å². The molecule has 0 aliphatic rings. The van der Waals surface area contributed by atoms with E-state index in [1.165, 1.54) is 25.7 Å². The molecule has 0 unspecified atom stereocenters. The van der Waals surface area contributed by atoms with E-state index >= 15 is 0 Å². The largest absolute Gasteiger partial charge is 0.447 e. The van der Waals surface area contributed by atoms with Crippen molar-refractivity contribution in [2.45, 2.75) is 39.0 Å². The van der Waals surface area contributed by atoms with E-state index in [1.54, 1.807) is 0 Å². The number of hydrogen-bond donors (Lipinski definition) is 0. The van der Waals surface area contributed by atoms with Crippen molar-refractivity contribution < 1.29 is 4.74 Å². The van der Waals surface area contributed by atoms with E-state index in [2.05, 4.69) is 13.0 Å². The van der Waals surface area contributed by atoms with Crippen LogP contribution in [0, 0.1) is 12.5 Å². The molecule has 0 fully saturated rings. The standard InChI is InChI=1S/C9H16O/c1-3-5-6-7-8-9-10-4-2/h2H,3,5-9H2,1H3. The van der Waals surface area contributed by atoms with Crippen molar-refractivity contribution in [2.24, 2.45) is 0 Å². The fourth-order valence-corrected chi connectivity index (χ4v) is 0.837. The van der Waals surface area contributed by atoms with Crippen molar-refractivity contribution in [1.29, 1.82) is 0 Å². The van der Waals surface area contributed by atoms with Gasteiger partial charge in [0.1, 0.15) is 12.7 Å². The lowest BCUT2D eigenvalue weighted by atomic mass is 10.2. The van der Waals surface area contributed by atoms with Crippen LogP contribution in [0.5, 0.6) is 0 Å². The summed E-state index contributed by atoms with van der Waals surface area (Å²) < 4.78 is 4.74. The number of rotatable bonds is 6. The van der Waals surface area contributed by atoms with Gasteiger partial charge in [-0.1, -0.05) is 39.0 Å². The summed E-state index contributed by atoms with van der Waals surface area (Å²) in [7, 11) is 0. The van der Waals surface area contributed by atoms with Crippen LogP contribution >= 0.6 is 0 Å². The third-order valence-corrected chi connectivity index (χ3v) is 1.43. The molecule has 0 heterocycles. The molecule has 0 aromatic carbocycles. The minimum atomic E-state index is 0.722. The van der Waals surface area contributed by atoms with E-state index < -0.39 is 0 Å². The second-order valence-electron chi connectivity index (χ2n) is 2.38. The third-order valence-electron chi connectivity index (χ3n) is 1.43. The quantitative estimate of drug-likeness (QED) is 0.407. The first kappa shape index (κ1) is 9.36. The van der Waals surface area contributed by atoms with E-state index in [-0.39, 0.29) is 0 Å². The first-order valence-electron chi connectivity index (χ1n) is 3.99. The molecule has 0 aromatic heterocycles. The van der Waals surface area contributed by atoms with Gasteiger partial charge in [0.2, 0.25) is 0 Å². The van der Waals surface area contributed by atoms with Crippen LogP contribution in [0.25, 0.3) is 0 Å². The third kappa shape index (κ3) is 7.36. The summed E-state index contributed by atoms with van der Waals surface area (Å²) in [5, 5.41) is 0. The lowest BCUT2D eigenvalue weighted by Crippen LogP contribution is -1.87. The fraction of sp³-hybridized carbons (Fsp3) is 0.778. The highest BCUT2D eigenvalue weighted by Gasteiger charge is 1.87. The molecule has 1 nitrogen and oxygen atoms in total. The smallest absolute Gasteiger partial charge is 0.106 e. The molecule has 1 heteroatoms. The van der Waals surface area contributed by atoms with Crippen LogP contribution < -0.4 is 0 Å². The van der Waals surface area contributed by atoms with Crippen LogP contribution in [0.4, 0.5) is 0 Å². The van der Waals surface area contributed by atoms with Crippen molar-refractivity contribution in [2.75, 3.05) is 6.61 Å². The zero-order valence-electron chi connectivity index (χ0n) is 6.73. The molecule has 0 bridgehead atoms. The fourth-order valence-electron chi connectivity index (χ4n) is 0.837. The normalized spacial score (nSPS) is 8.80. The van der Waals surface area contributed by atoms with Gasteiger partial charge in [-0.3, -0.25) is 0 Å². The van der Waals surface area contributed by atoms with E-state index in [9.17, 15) is 0 Å². The molecular weight excluding hydrogens is 124 g/mol. The Labute approximate surface area is 63.8 Å². The predicted octanol–water partition coefficient (Wildman–Crippen LogP) is 2.56. The number of ether oxygens (including phenoxy) is 1. The Bertz CT molecular complexity index is 91.4. The summed E-state index contributed by atoms with van der Waals surface area (Å²) in [4.78, 5) is 0. The summed E-state index contributed by atoms with van der Waals surface area (Å²) in [5.41, 5.74) is 0. The van der Waals surface area contributed by atoms with Crippen LogP contribution in [0.1, 0.15) is 39.0 Å². The molecule has 0 spiro atoms. The van der Waals surface area contributed by atoms with E-state index in [4.69, 9.17) is 11.2 Å². The number of terminal acetylenes is 1.